The average Bonchev–Trinajstić information content (AvgIpc) is 3.20. The van der Waals surface area contributed by atoms with E-state index < -0.39 is 0 Å². The van der Waals surface area contributed by atoms with Crippen molar-refractivity contribution < 1.29 is 0 Å². The number of anilines is 3. The summed E-state index contributed by atoms with van der Waals surface area (Å²) in [5.41, 5.74) is 14.3. The van der Waals surface area contributed by atoms with E-state index in [4.69, 9.17) is 5.73 Å². The van der Waals surface area contributed by atoms with Crippen molar-refractivity contribution in [2.45, 2.75) is 0 Å². The highest BCUT2D eigenvalue weighted by atomic mass is 15.2. The van der Waals surface area contributed by atoms with Crippen molar-refractivity contribution in [1.82, 2.24) is 5.32 Å². The maximum absolute atomic E-state index is 5.86. The molecule has 3 nitrogen and oxygen atoms in total. The third-order valence-corrected chi connectivity index (χ3v) is 5.82. The van der Waals surface area contributed by atoms with Gasteiger partial charge < -0.3 is 16.0 Å². The zero-order chi connectivity index (χ0) is 23.9. The summed E-state index contributed by atoms with van der Waals surface area (Å²) < 4.78 is 0. The minimum atomic E-state index is 0.770. The quantitative estimate of drug-likeness (QED) is 0.294. The maximum atomic E-state index is 5.86. The molecule has 0 atom stereocenters. The van der Waals surface area contributed by atoms with E-state index in [2.05, 4.69) is 113 Å². The van der Waals surface area contributed by atoms with Crippen molar-refractivity contribution in [3.05, 3.63) is 157 Å². The molecule has 0 aromatic heterocycles. The van der Waals surface area contributed by atoms with Gasteiger partial charge in [-0.05, 0) is 71.3 Å². The fourth-order valence-electron chi connectivity index (χ4n) is 4.07. The van der Waals surface area contributed by atoms with Crippen molar-refractivity contribution in [2.24, 2.45) is 0 Å². The average molecular weight is 454 g/mol. The van der Waals surface area contributed by atoms with Crippen LogP contribution >= 0.6 is 0 Å². The largest absolute Gasteiger partial charge is 0.399 e. The Morgan fingerprint density at radius 3 is 1.80 bits per heavy atom. The summed E-state index contributed by atoms with van der Waals surface area (Å²) in [4.78, 5) is 2.28. The fraction of sp³-hybridized carbons (Fsp3) is 0. The Morgan fingerprint density at radius 2 is 1.20 bits per heavy atom. The van der Waals surface area contributed by atoms with Crippen LogP contribution in [0.3, 0.4) is 0 Å². The molecule has 5 rings (SSSR count). The highest BCUT2D eigenvalue weighted by Gasteiger charge is 2.18. The van der Waals surface area contributed by atoms with Crippen molar-refractivity contribution in [3.8, 4) is 11.1 Å². The lowest BCUT2D eigenvalue weighted by Crippen LogP contribution is -2.22. The summed E-state index contributed by atoms with van der Waals surface area (Å²) in [6, 6.07) is 37.5. The number of hydrogen-bond donors (Lipinski definition) is 2. The van der Waals surface area contributed by atoms with Gasteiger partial charge in [0.25, 0.3) is 0 Å². The molecular weight excluding hydrogens is 426 g/mol. The van der Waals surface area contributed by atoms with Crippen LogP contribution in [-0.2, 0) is 0 Å². The molecule has 0 saturated heterocycles. The molecule has 1 aliphatic heterocycles. The minimum Gasteiger partial charge on any atom is -0.399 e. The standard InChI is InChI=1S/C32H27N3/c33-28-21-19-27(20-22-28)26-17-15-25(16-18-26)24-32(31-14-8-3-9-23-34-31)35(29-10-4-1-5-11-29)30-12-6-2-7-13-30/h1-24,34H,33H2. The molecule has 3 heteroatoms. The number of nitrogens with zero attached hydrogens (tertiary/aromatic N) is 1. The summed E-state index contributed by atoms with van der Waals surface area (Å²) in [5.74, 6) is 0. The number of benzene rings is 4. The van der Waals surface area contributed by atoms with Crippen molar-refractivity contribution in [2.75, 3.05) is 10.6 Å². The second-order valence-corrected chi connectivity index (χ2v) is 8.25. The van der Waals surface area contributed by atoms with Gasteiger partial charge in [-0.2, -0.15) is 0 Å². The van der Waals surface area contributed by atoms with Crippen LogP contribution in [0.4, 0.5) is 17.1 Å². The number of nitrogens with two attached hydrogens (primary N) is 1. The second-order valence-electron chi connectivity index (χ2n) is 8.25. The van der Waals surface area contributed by atoms with E-state index in [1.54, 1.807) is 0 Å². The first-order valence-corrected chi connectivity index (χ1v) is 11.7. The molecule has 0 unspecified atom stereocenters. The summed E-state index contributed by atoms with van der Waals surface area (Å²) in [7, 11) is 0. The lowest BCUT2D eigenvalue weighted by molar-refractivity contribution is 1.03. The number of rotatable bonds is 6. The van der Waals surface area contributed by atoms with Gasteiger partial charge in [0.2, 0.25) is 0 Å². The molecule has 170 valence electrons. The SMILES string of the molecule is Nc1ccc(-c2ccc(C=C(C3=CC=CC=CN3)N(c3ccccc3)c3ccccc3)cc2)cc1. The normalized spacial score (nSPS) is 13.0. The molecule has 3 N–H and O–H groups in total. The number of allylic oxidation sites excluding steroid dienone is 4. The van der Waals surface area contributed by atoms with Crippen molar-refractivity contribution >= 4 is 23.1 Å². The van der Waals surface area contributed by atoms with Gasteiger partial charge in [0.15, 0.2) is 0 Å². The highest BCUT2D eigenvalue weighted by molar-refractivity contribution is 5.77. The maximum Gasteiger partial charge on any atom is 0.0702 e. The van der Waals surface area contributed by atoms with Crippen LogP contribution in [0.25, 0.3) is 17.2 Å². The van der Waals surface area contributed by atoms with Crippen molar-refractivity contribution in [3.63, 3.8) is 0 Å². The Hall–Kier alpha value is -4.76. The van der Waals surface area contributed by atoms with Gasteiger partial charge in [0.05, 0.1) is 11.4 Å². The molecule has 0 aliphatic carbocycles. The lowest BCUT2D eigenvalue weighted by atomic mass is 10.0. The fourth-order valence-corrected chi connectivity index (χ4v) is 4.07. The van der Waals surface area contributed by atoms with Crippen LogP contribution in [0.5, 0.6) is 0 Å². The number of nitrogen functional groups attached to an aromatic ring is 1. The minimum absolute atomic E-state index is 0.770. The number of nitrogens with one attached hydrogen (secondary N) is 1. The zero-order valence-electron chi connectivity index (χ0n) is 19.4. The molecule has 0 saturated carbocycles. The molecule has 0 amide bonds. The van der Waals surface area contributed by atoms with E-state index in [9.17, 15) is 0 Å². The van der Waals surface area contributed by atoms with Crippen molar-refractivity contribution in [1.29, 1.82) is 0 Å². The van der Waals surface area contributed by atoms with Crippen LogP contribution in [-0.4, -0.2) is 0 Å². The van der Waals surface area contributed by atoms with Crippen LogP contribution in [0.15, 0.2) is 151 Å². The van der Waals surface area contributed by atoms with Gasteiger partial charge >= 0.3 is 0 Å². The Morgan fingerprint density at radius 1 is 0.629 bits per heavy atom. The predicted molar refractivity (Wildman–Crippen MR) is 149 cm³/mol. The summed E-state index contributed by atoms with van der Waals surface area (Å²) in [6.07, 6.45) is 12.4. The third-order valence-electron chi connectivity index (χ3n) is 5.82. The van der Waals surface area contributed by atoms with Gasteiger partial charge in [-0.3, -0.25) is 0 Å². The second kappa shape index (κ2) is 10.4. The van der Waals surface area contributed by atoms with Crippen LogP contribution in [0.1, 0.15) is 5.56 Å². The molecule has 0 spiro atoms. The third kappa shape index (κ3) is 5.26. The van der Waals surface area contributed by atoms with E-state index in [0.29, 0.717) is 0 Å². The summed E-state index contributed by atoms with van der Waals surface area (Å²) >= 11 is 0. The smallest absolute Gasteiger partial charge is 0.0702 e. The van der Waals surface area contributed by atoms with Gasteiger partial charge in [0.1, 0.15) is 0 Å². The molecule has 0 fully saturated rings. The Kier molecular flexibility index (Phi) is 6.58. The molecule has 1 aliphatic rings. The molecule has 1 heterocycles. The first kappa shape index (κ1) is 22.1. The first-order valence-electron chi connectivity index (χ1n) is 11.7. The summed E-state index contributed by atoms with van der Waals surface area (Å²) in [5, 5.41) is 3.46. The summed E-state index contributed by atoms with van der Waals surface area (Å²) in [6.45, 7) is 0. The van der Waals surface area contributed by atoms with E-state index in [1.807, 2.05) is 42.6 Å². The number of hydrogen-bond acceptors (Lipinski definition) is 3. The van der Waals surface area contributed by atoms with E-state index in [0.717, 1.165) is 45.1 Å². The highest BCUT2D eigenvalue weighted by Crippen LogP contribution is 2.34. The molecule has 4 aromatic carbocycles. The van der Waals surface area contributed by atoms with Gasteiger partial charge in [-0.1, -0.05) is 84.9 Å². The Labute approximate surface area is 206 Å². The van der Waals surface area contributed by atoms with E-state index >= 15 is 0 Å². The van der Waals surface area contributed by atoms with Crippen LogP contribution in [0.2, 0.25) is 0 Å². The van der Waals surface area contributed by atoms with Crippen LogP contribution < -0.4 is 16.0 Å². The topological polar surface area (TPSA) is 41.3 Å². The predicted octanol–water partition coefficient (Wildman–Crippen LogP) is 7.67. The molecule has 4 aromatic rings. The van der Waals surface area contributed by atoms with Gasteiger partial charge in [-0.25, -0.2) is 0 Å². The van der Waals surface area contributed by atoms with Crippen LogP contribution in [0, 0.1) is 0 Å². The zero-order valence-corrected chi connectivity index (χ0v) is 19.4. The monoisotopic (exact) mass is 453 g/mol. The molecule has 0 radical (unpaired) electrons. The molecule has 0 bridgehead atoms. The Bertz CT molecular complexity index is 1340. The Balaban J connectivity index is 1.61. The first-order chi connectivity index (χ1) is 17.3. The number of para-hydroxylation sites is 2. The van der Waals surface area contributed by atoms with Gasteiger partial charge in [-0.15, -0.1) is 0 Å². The van der Waals surface area contributed by atoms with E-state index in [-0.39, 0.29) is 0 Å². The molecule has 35 heavy (non-hydrogen) atoms. The van der Waals surface area contributed by atoms with Gasteiger partial charge in [0, 0.05) is 23.3 Å². The molecular formula is C32H27N3. The van der Waals surface area contributed by atoms with E-state index in [1.165, 1.54) is 0 Å². The lowest BCUT2D eigenvalue weighted by Gasteiger charge is -2.29.